The van der Waals surface area contributed by atoms with Crippen LogP contribution in [0.1, 0.15) is 37.0 Å². The van der Waals surface area contributed by atoms with Gasteiger partial charge in [-0.3, -0.25) is 0 Å². The molecule has 4 aromatic rings. The van der Waals surface area contributed by atoms with Crippen LogP contribution in [-0.2, 0) is 4.74 Å². The highest BCUT2D eigenvalue weighted by molar-refractivity contribution is 6.02. The molecule has 0 atom stereocenters. The molecule has 9 heteroatoms. The molecule has 2 aromatic carbocycles. The van der Waals surface area contributed by atoms with Gasteiger partial charge in [0, 0.05) is 59.7 Å². The Hall–Kier alpha value is -4.11. The number of nitrogens with one attached hydrogen (secondary N) is 2. The van der Waals surface area contributed by atoms with E-state index >= 15 is 0 Å². The summed E-state index contributed by atoms with van der Waals surface area (Å²) in [6.07, 6.45) is 5.38. The Kier molecular flexibility index (Phi) is 7.70. The van der Waals surface area contributed by atoms with Crippen molar-refractivity contribution < 1.29 is 14.3 Å². The van der Waals surface area contributed by atoms with E-state index in [2.05, 4.69) is 45.2 Å². The number of ether oxygens (including phenoxy) is 2. The number of hydrogen-bond donors (Lipinski definition) is 2. The van der Waals surface area contributed by atoms with Crippen LogP contribution < -0.4 is 15.0 Å². The van der Waals surface area contributed by atoms with Crippen molar-refractivity contribution in [3.63, 3.8) is 0 Å². The van der Waals surface area contributed by atoms with Gasteiger partial charge in [-0.2, -0.15) is 0 Å². The highest BCUT2D eigenvalue weighted by Crippen LogP contribution is 2.35. The molecule has 5 rings (SSSR count). The number of esters is 1. The van der Waals surface area contributed by atoms with Crippen LogP contribution >= 0.6 is 0 Å². The molecule has 0 saturated carbocycles. The lowest BCUT2D eigenvalue weighted by Gasteiger charge is -2.36. The summed E-state index contributed by atoms with van der Waals surface area (Å²) in [5, 5.41) is 4.26. The predicted octanol–water partition coefficient (Wildman–Crippen LogP) is 5.47. The van der Waals surface area contributed by atoms with E-state index in [1.165, 1.54) is 6.20 Å². The molecule has 9 nitrogen and oxygen atoms in total. The van der Waals surface area contributed by atoms with E-state index in [9.17, 15) is 4.79 Å². The second kappa shape index (κ2) is 11.3. The summed E-state index contributed by atoms with van der Waals surface area (Å²) in [7, 11) is 5.96. The number of para-hydroxylation sites is 1. The average molecular weight is 529 g/mol. The first-order valence-corrected chi connectivity index (χ1v) is 13.3. The van der Waals surface area contributed by atoms with Gasteiger partial charge in [0.25, 0.3) is 0 Å². The van der Waals surface area contributed by atoms with Crippen molar-refractivity contribution in [2.24, 2.45) is 0 Å². The van der Waals surface area contributed by atoms with E-state index in [-0.39, 0.29) is 6.10 Å². The number of benzene rings is 2. The van der Waals surface area contributed by atoms with Crippen LogP contribution in [0.15, 0.2) is 54.9 Å². The summed E-state index contributed by atoms with van der Waals surface area (Å²) in [5.74, 6) is 0.591. The Labute approximate surface area is 229 Å². The number of hydrogen-bond acceptors (Lipinski definition) is 8. The third kappa shape index (κ3) is 5.68. The summed E-state index contributed by atoms with van der Waals surface area (Å²) in [5.41, 5.74) is 4.43. The molecule has 0 radical (unpaired) electrons. The molecule has 1 aliphatic heterocycles. The van der Waals surface area contributed by atoms with Crippen molar-refractivity contribution in [1.29, 1.82) is 0 Å². The number of nitrogens with zero attached hydrogens (tertiary/aromatic N) is 4. The number of piperidine rings is 1. The molecule has 2 N–H and O–H groups in total. The minimum atomic E-state index is -0.461. The van der Waals surface area contributed by atoms with Crippen molar-refractivity contribution in [3.8, 4) is 17.0 Å². The molecular formula is C30H36N6O3. The smallest absolute Gasteiger partial charge is 0.342 e. The normalized spacial score (nSPS) is 14.3. The number of H-pyrrole nitrogens is 1. The zero-order chi connectivity index (χ0) is 27.5. The standard InChI is InChI=1S/C30H36N6O3/c1-19(2)39-29(37)24-18-32-30(34-28(24)23-17-31-25-9-7-6-8-22(23)25)33-26-11-10-21(16-27(26)38-5)36-14-12-20(13-15-36)35(3)4/h6-11,16-20,31H,12-15H2,1-5H3,(H,32,33,34). The Morgan fingerprint density at radius 3 is 2.64 bits per heavy atom. The zero-order valence-corrected chi connectivity index (χ0v) is 23.2. The van der Waals surface area contributed by atoms with Crippen LogP contribution in [0.3, 0.4) is 0 Å². The van der Waals surface area contributed by atoms with Crippen molar-refractivity contribution in [2.75, 3.05) is 44.5 Å². The number of rotatable bonds is 8. The number of fused-ring (bicyclic) bond motifs is 1. The lowest BCUT2D eigenvalue weighted by molar-refractivity contribution is 0.0378. The monoisotopic (exact) mass is 528 g/mol. The van der Waals surface area contributed by atoms with Gasteiger partial charge in [-0.15, -0.1) is 0 Å². The molecule has 1 saturated heterocycles. The van der Waals surface area contributed by atoms with Crippen molar-refractivity contribution >= 4 is 34.2 Å². The molecule has 0 unspecified atom stereocenters. The quantitative estimate of drug-likeness (QED) is 0.291. The molecule has 3 heterocycles. The Balaban J connectivity index is 1.45. The second-order valence-electron chi connectivity index (χ2n) is 10.3. The number of aromatic amines is 1. The number of carbonyl (C=O) groups is 1. The Morgan fingerprint density at radius 2 is 1.92 bits per heavy atom. The minimum absolute atomic E-state index is 0.262. The number of carbonyl (C=O) groups excluding carboxylic acids is 1. The van der Waals surface area contributed by atoms with Crippen LogP contribution in [-0.4, -0.2) is 72.3 Å². The van der Waals surface area contributed by atoms with E-state index in [1.54, 1.807) is 7.11 Å². The number of aromatic nitrogens is 3. The van der Waals surface area contributed by atoms with E-state index in [1.807, 2.05) is 56.4 Å². The van der Waals surface area contributed by atoms with Crippen molar-refractivity contribution in [2.45, 2.75) is 38.8 Å². The molecule has 2 aromatic heterocycles. The van der Waals surface area contributed by atoms with Crippen LogP contribution in [0.25, 0.3) is 22.2 Å². The lowest BCUT2D eigenvalue weighted by Crippen LogP contribution is -2.41. The van der Waals surface area contributed by atoms with E-state index in [4.69, 9.17) is 14.5 Å². The zero-order valence-electron chi connectivity index (χ0n) is 23.2. The van der Waals surface area contributed by atoms with Crippen molar-refractivity contribution in [1.82, 2.24) is 19.9 Å². The topological polar surface area (TPSA) is 95.6 Å². The summed E-state index contributed by atoms with van der Waals surface area (Å²) >= 11 is 0. The highest BCUT2D eigenvalue weighted by Gasteiger charge is 2.23. The molecule has 1 fully saturated rings. The van der Waals surface area contributed by atoms with Gasteiger partial charge in [0.05, 0.1) is 24.6 Å². The molecule has 39 heavy (non-hydrogen) atoms. The summed E-state index contributed by atoms with van der Waals surface area (Å²) in [6, 6.07) is 14.7. The largest absolute Gasteiger partial charge is 0.494 e. The van der Waals surface area contributed by atoms with E-state index < -0.39 is 5.97 Å². The predicted molar refractivity (Wildman–Crippen MR) is 155 cm³/mol. The second-order valence-corrected chi connectivity index (χ2v) is 10.3. The van der Waals surface area contributed by atoms with Crippen molar-refractivity contribution in [3.05, 3.63) is 60.4 Å². The molecule has 0 aliphatic carbocycles. The lowest BCUT2D eigenvalue weighted by atomic mass is 10.0. The first-order chi connectivity index (χ1) is 18.8. The van der Waals surface area contributed by atoms with Gasteiger partial charge < -0.3 is 29.6 Å². The maximum Gasteiger partial charge on any atom is 0.342 e. The molecule has 0 amide bonds. The highest BCUT2D eigenvalue weighted by atomic mass is 16.5. The Bertz CT molecular complexity index is 1460. The number of anilines is 3. The van der Waals surface area contributed by atoms with E-state index in [0.717, 1.165) is 53.8 Å². The maximum absolute atomic E-state index is 13.0. The van der Waals surface area contributed by atoms with Gasteiger partial charge in [-0.05, 0) is 59.0 Å². The first kappa shape index (κ1) is 26.5. The van der Waals surface area contributed by atoms with Crippen LogP contribution in [0.5, 0.6) is 5.75 Å². The van der Waals surface area contributed by atoms with E-state index in [0.29, 0.717) is 29.0 Å². The van der Waals surface area contributed by atoms with Gasteiger partial charge in [0.1, 0.15) is 11.3 Å². The molecule has 0 spiro atoms. The average Bonchev–Trinajstić information content (AvgIpc) is 3.37. The minimum Gasteiger partial charge on any atom is -0.494 e. The van der Waals surface area contributed by atoms with Crippen LogP contribution in [0.4, 0.5) is 17.3 Å². The SMILES string of the molecule is COc1cc(N2CCC(N(C)C)CC2)ccc1Nc1ncc(C(=O)OC(C)C)c(-c2c[nH]c3ccccc23)n1. The molecule has 204 valence electrons. The first-order valence-electron chi connectivity index (χ1n) is 13.3. The fourth-order valence-corrected chi connectivity index (χ4v) is 5.08. The van der Waals surface area contributed by atoms with Gasteiger partial charge in [0.15, 0.2) is 0 Å². The van der Waals surface area contributed by atoms with Gasteiger partial charge in [-0.25, -0.2) is 14.8 Å². The summed E-state index contributed by atoms with van der Waals surface area (Å²) in [4.78, 5) is 30.2. The third-order valence-electron chi connectivity index (χ3n) is 7.19. The summed E-state index contributed by atoms with van der Waals surface area (Å²) in [6.45, 7) is 5.65. The van der Waals surface area contributed by atoms with Crippen LogP contribution in [0.2, 0.25) is 0 Å². The van der Waals surface area contributed by atoms with Crippen LogP contribution in [0, 0.1) is 0 Å². The number of methoxy groups -OCH3 is 1. The third-order valence-corrected chi connectivity index (χ3v) is 7.19. The van der Waals surface area contributed by atoms with Gasteiger partial charge in [0.2, 0.25) is 5.95 Å². The fraction of sp³-hybridized carbons (Fsp3) is 0.367. The molecular weight excluding hydrogens is 492 g/mol. The van der Waals surface area contributed by atoms with Gasteiger partial charge in [-0.1, -0.05) is 18.2 Å². The maximum atomic E-state index is 13.0. The summed E-state index contributed by atoms with van der Waals surface area (Å²) < 4.78 is 11.2. The molecule has 0 bridgehead atoms. The fourth-order valence-electron chi connectivity index (χ4n) is 5.08. The van der Waals surface area contributed by atoms with Gasteiger partial charge >= 0.3 is 5.97 Å². The molecule has 1 aliphatic rings. The Morgan fingerprint density at radius 1 is 1.15 bits per heavy atom.